The zero-order valence-corrected chi connectivity index (χ0v) is 11.8. The molecule has 0 fully saturated rings. The predicted octanol–water partition coefficient (Wildman–Crippen LogP) is 1.19. The largest absolute Gasteiger partial charge is 0.316 e. The third kappa shape index (κ3) is 2.90. The van der Waals surface area contributed by atoms with Crippen molar-refractivity contribution in [1.82, 2.24) is 9.13 Å². The minimum atomic E-state index is -0.701. The Balaban J connectivity index is 2.32. The first-order chi connectivity index (χ1) is 8.99. The lowest BCUT2D eigenvalue weighted by Crippen LogP contribution is -2.40. The smallest absolute Gasteiger partial charge is 0.312 e. The highest BCUT2D eigenvalue weighted by molar-refractivity contribution is 9.10. The lowest BCUT2D eigenvalue weighted by Gasteiger charge is -2.05. The molecule has 0 saturated heterocycles. The van der Waals surface area contributed by atoms with Crippen molar-refractivity contribution >= 4 is 21.7 Å². The van der Waals surface area contributed by atoms with E-state index >= 15 is 0 Å². The molecule has 1 aromatic carbocycles. The molecule has 1 aromatic heterocycles. The van der Waals surface area contributed by atoms with Crippen LogP contribution in [0.1, 0.15) is 10.4 Å². The molecular weight excluding hydrogens is 312 g/mol. The molecule has 2 rings (SSSR count). The second kappa shape index (κ2) is 5.36. The molecule has 0 amide bonds. The second-order valence-corrected chi connectivity index (χ2v) is 5.00. The topological polar surface area (TPSA) is 61.1 Å². The van der Waals surface area contributed by atoms with Gasteiger partial charge in [0.25, 0.3) is 0 Å². The highest BCUT2D eigenvalue weighted by atomic mass is 79.9. The average molecular weight is 323 g/mol. The number of nitrogens with zero attached hydrogens (tertiary/aromatic N) is 2. The zero-order chi connectivity index (χ0) is 14.0. The number of carbonyl (C=O) groups excluding carboxylic acids is 1. The Labute approximate surface area is 117 Å². The van der Waals surface area contributed by atoms with Gasteiger partial charge in [0, 0.05) is 29.5 Å². The molecule has 0 aliphatic rings. The number of hydrogen-bond acceptors (Lipinski definition) is 3. The van der Waals surface area contributed by atoms with E-state index in [0.29, 0.717) is 5.56 Å². The minimum absolute atomic E-state index is 0.147. The summed E-state index contributed by atoms with van der Waals surface area (Å²) in [6, 6.07) is 6.89. The van der Waals surface area contributed by atoms with Crippen molar-refractivity contribution in [3.63, 3.8) is 0 Å². The third-order valence-electron chi connectivity index (χ3n) is 2.69. The summed E-state index contributed by atoms with van der Waals surface area (Å²) in [5.74, 6) is -0.225. The lowest BCUT2D eigenvalue weighted by molar-refractivity contribution is 0.0970. The summed E-state index contributed by atoms with van der Waals surface area (Å²) >= 11 is 3.28. The molecule has 0 spiro atoms. The minimum Gasteiger partial charge on any atom is -0.312 e. The number of halogens is 1. The van der Waals surface area contributed by atoms with Gasteiger partial charge in [0.05, 0.1) is 6.54 Å². The van der Waals surface area contributed by atoms with Gasteiger partial charge in [-0.25, -0.2) is 0 Å². The molecule has 0 bridgehead atoms. The van der Waals surface area contributed by atoms with Crippen molar-refractivity contribution in [2.75, 3.05) is 0 Å². The van der Waals surface area contributed by atoms with Gasteiger partial charge in [-0.3, -0.25) is 14.4 Å². The second-order valence-electron chi connectivity index (χ2n) is 4.08. The van der Waals surface area contributed by atoms with Gasteiger partial charge in [0.2, 0.25) is 0 Å². The predicted molar refractivity (Wildman–Crippen MR) is 74.4 cm³/mol. The molecule has 5 nitrogen and oxygen atoms in total. The van der Waals surface area contributed by atoms with Crippen molar-refractivity contribution in [2.45, 2.75) is 6.54 Å². The SMILES string of the molecule is Cn1ccn(CC(=O)c2cccc(Br)c2)c(=O)c1=O. The Bertz CT molecular complexity index is 746. The molecule has 19 heavy (non-hydrogen) atoms. The van der Waals surface area contributed by atoms with Crippen LogP contribution in [0.5, 0.6) is 0 Å². The summed E-state index contributed by atoms with van der Waals surface area (Å²) in [6.07, 6.45) is 2.89. The summed E-state index contributed by atoms with van der Waals surface area (Å²) in [5.41, 5.74) is -0.861. The van der Waals surface area contributed by atoms with E-state index in [4.69, 9.17) is 0 Å². The van der Waals surface area contributed by atoms with E-state index in [1.807, 2.05) is 0 Å². The number of benzene rings is 1. The fraction of sp³-hybridized carbons (Fsp3) is 0.154. The van der Waals surface area contributed by atoms with Crippen molar-refractivity contribution in [1.29, 1.82) is 0 Å². The van der Waals surface area contributed by atoms with Crippen LogP contribution in [-0.4, -0.2) is 14.9 Å². The molecule has 0 aliphatic heterocycles. The molecule has 0 aliphatic carbocycles. The van der Waals surface area contributed by atoms with Gasteiger partial charge in [-0.05, 0) is 12.1 Å². The molecule has 0 N–H and O–H groups in total. The lowest BCUT2D eigenvalue weighted by atomic mass is 10.1. The van der Waals surface area contributed by atoms with Crippen LogP contribution in [0.15, 0.2) is 50.7 Å². The van der Waals surface area contributed by atoms with Crippen molar-refractivity contribution in [3.05, 3.63) is 67.4 Å². The van der Waals surface area contributed by atoms with Crippen LogP contribution in [0.4, 0.5) is 0 Å². The third-order valence-corrected chi connectivity index (χ3v) is 3.19. The fourth-order valence-electron chi connectivity index (χ4n) is 1.62. The molecular formula is C13H11BrN2O3. The Morgan fingerprint density at radius 1 is 1.21 bits per heavy atom. The zero-order valence-electron chi connectivity index (χ0n) is 10.2. The standard InChI is InChI=1S/C13H11BrN2O3/c1-15-5-6-16(13(19)12(15)18)8-11(17)9-3-2-4-10(14)7-9/h2-7H,8H2,1H3. The Morgan fingerprint density at radius 2 is 1.95 bits per heavy atom. The number of hydrogen-bond donors (Lipinski definition) is 0. The summed E-state index contributed by atoms with van der Waals surface area (Å²) in [6.45, 7) is -0.147. The molecule has 0 atom stereocenters. The number of carbonyl (C=O) groups is 1. The van der Waals surface area contributed by atoms with Crippen molar-refractivity contribution in [2.24, 2.45) is 7.05 Å². The Kier molecular flexibility index (Phi) is 3.80. The summed E-state index contributed by atoms with van der Waals surface area (Å²) in [4.78, 5) is 35.2. The van der Waals surface area contributed by atoms with Crippen LogP contribution < -0.4 is 11.1 Å². The van der Waals surface area contributed by atoms with Crippen LogP contribution in [0.2, 0.25) is 0 Å². The molecule has 6 heteroatoms. The maximum absolute atomic E-state index is 12.0. The van der Waals surface area contributed by atoms with Gasteiger partial charge in [-0.2, -0.15) is 0 Å². The van der Waals surface area contributed by atoms with E-state index in [2.05, 4.69) is 15.9 Å². The Hall–Kier alpha value is -1.95. The van der Waals surface area contributed by atoms with E-state index in [0.717, 1.165) is 9.04 Å². The van der Waals surface area contributed by atoms with Gasteiger partial charge >= 0.3 is 11.1 Å². The first-order valence-electron chi connectivity index (χ1n) is 5.54. The summed E-state index contributed by atoms with van der Waals surface area (Å²) in [5, 5.41) is 0. The molecule has 0 radical (unpaired) electrons. The van der Waals surface area contributed by atoms with Gasteiger partial charge < -0.3 is 9.13 Å². The Morgan fingerprint density at radius 3 is 2.63 bits per heavy atom. The number of aromatic nitrogens is 2. The van der Waals surface area contributed by atoms with Crippen LogP contribution in [0, 0.1) is 0 Å². The number of rotatable bonds is 3. The van der Waals surface area contributed by atoms with E-state index < -0.39 is 11.1 Å². The number of aryl methyl sites for hydroxylation is 1. The van der Waals surface area contributed by atoms with Gasteiger partial charge in [0.15, 0.2) is 5.78 Å². The normalized spacial score (nSPS) is 10.4. The highest BCUT2D eigenvalue weighted by Gasteiger charge is 2.10. The maximum Gasteiger partial charge on any atom is 0.316 e. The molecule has 1 heterocycles. The van der Waals surface area contributed by atoms with Gasteiger partial charge in [0.1, 0.15) is 0 Å². The van der Waals surface area contributed by atoms with Gasteiger partial charge in [-0.15, -0.1) is 0 Å². The number of Topliss-reactive ketones (excluding diaryl/α,β-unsaturated/α-hetero) is 1. The van der Waals surface area contributed by atoms with E-state index in [-0.39, 0.29) is 12.3 Å². The molecule has 0 saturated carbocycles. The maximum atomic E-state index is 12.0. The van der Waals surface area contributed by atoms with E-state index in [9.17, 15) is 14.4 Å². The van der Waals surface area contributed by atoms with Crippen LogP contribution in [0.3, 0.4) is 0 Å². The number of ketones is 1. The summed E-state index contributed by atoms with van der Waals surface area (Å²) < 4.78 is 3.09. The van der Waals surface area contributed by atoms with Gasteiger partial charge in [-0.1, -0.05) is 28.1 Å². The quantitative estimate of drug-likeness (QED) is 0.630. The van der Waals surface area contributed by atoms with Crippen molar-refractivity contribution < 1.29 is 4.79 Å². The monoisotopic (exact) mass is 322 g/mol. The average Bonchev–Trinajstić information content (AvgIpc) is 2.39. The molecule has 0 unspecified atom stereocenters. The van der Waals surface area contributed by atoms with Crippen LogP contribution in [-0.2, 0) is 13.6 Å². The highest BCUT2D eigenvalue weighted by Crippen LogP contribution is 2.12. The molecule has 2 aromatic rings. The summed E-state index contributed by atoms with van der Waals surface area (Å²) in [7, 11) is 1.49. The van der Waals surface area contributed by atoms with Crippen LogP contribution >= 0.6 is 15.9 Å². The van der Waals surface area contributed by atoms with E-state index in [1.54, 1.807) is 24.3 Å². The molecule has 98 valence electrons. The van der Waals surface area contributed by atoms with E-state index in [1.165, 1.54) is 24.0 Å². The van der Waals surface area contributed by atoms with Crippen LogP contribution in [0.25, 0.3) is 0 Å². The fourth-order valence-corrected chi connectivity index (χ4v) is 2.02. The van der Waals surface area contributed by atoms with Crippen molar-refractivity contribution in [3.8, 4) is 0 Å². The first-order valence-corrected chi connectivity index (χ1v) is 6.33. The first kappa shape index (κ1) is 13.5.